The summed E-state index contributed by atoms with van der Waals surface area (Å²) in [6, 6.07) is 2.01. The first-order chi connectivity index (χ1) is 7.04. The van der Waals surface area contributed by atoms with E-state index in [1.165, 1.54) is 0 Å². The maximum absolute atomic E-state index is 9.12. The fourth-order valence-electron chi connectivity index (χ4n) is 1.22. The summed E-state index contributed by atoms with van der Waals surface area (Å²) in [4.78, 5) is 0. The highest BCUT2D eigenvalue weighted by molar-refractivity contribution is 9.13. The van der Waals surface area contributed by atoms with Crippen LogP contribution >= 0.6 is 31.9 Å². The molecule has 0 radical (unpaired) electrons. The molecule has 0 aliphatic carbocycles. The van der Waals surface area contributed by atoms with Gasteiger partial charge in [-0.1, -0.05) is 13.8 Å². The predicted octanol–water partition coefficient (Wildman–Crippen LogP) is 2.91. The van der Waals surface area contributed by atoms with E-state index in [4.69, 9.17) is 9.52 Å². The van der Waals surface area contributed by atoms with Gasteiger partial charge in [-0.3, -0.25) is 0 Å². The number of aliphatic hydroxyl groups is 1. The van der Waals surface area contributed by atoms with Crippen molar-refractivity contribution in [3.05, 3.63) is 21.0 Å². The van der Waals surface area contributed by atoms with Crippen LogP contribution in [0, 0.1) is 5.92 Å². The van der Waals surface area contributed by atoms with Crippen molar-refractivity contribution in [3.8, 4) is 0 Å². The Labute approximate surface area is 106 Å². The van der Waals surface area contributed by atoms with E-state index >= 15 is 0 Å². The molecule has 0 bridgehead atoms. The SMILES string of the molecule is CC(C)C(CO)NCc1cc(Br)c(Br)o1. The Morgan fingerprint density at radius 2 is 2.13 bits per heavy atom. The third-order valence-corrected chi connectivity index (χ3v) is 3.95. The average Bonchev–Trinajstić information content (AvgIpc) is 2.47. The summed E-state index contributed by atoms with van der Waals surface area (Å²) in [7, 11) is 0. The molecule has 0 saturated heterocycles. The second kappa shape index (κ2) is 6.03. The monoisotopic (exact) mass is 339 g/mol. The van der Waals surface area contributed by atoms with E-state index in [9.17, 15) is 0 Å². The lowest BCUT2D eigenvalue weighted by molar-refractivity contribution is 0.207. The van der Waals surface area contributed by atoms with Crippen molar-refractivity contribution in [1.82, 2.24) is 5.32 Å². The Morgan fingerprint density at radius 3 is 2.53 bits per heavy atom. The number of rotatable bonds is 5. The minimum atomic E-state index is 0.104. The molecule has 2 N–H and O–H groups in total. The standard InChI is InChI=1S/C10H15Br2NO2/c1-6(2)9(5-14)13-4-7-3-8(11)10(12)15-7/h3,6,9,13-14H,4-5H2,1-2H3. The zero-order valence-corrected chi connectivity index (χ0v) is 11.9. The zero-order chi connectivity index (χ0) is 11.4. The molecular formula is C10H15Br2NO2. The summed E-state index contributed by atoms with van der Waals surface area (Å²) >= 11 is 6.63. The van der Waals surface area contributed by atoms with Crippen molar-refractivity contribution < 1.29 is 9.52 Å². The Balaban J connectivity index is 2.49. The van der Waals surface area contributed by atoms with Gasteiger partial charge >= 0.3 is 0 Å². The molecule has 0 aromatic carbocycles. The van der Waals surface area contributed by atoms with Gasteiger partial charge in [-0.05, 0) is 43.8 Å². The van der Waals surface area contributed by atoms with Crippen molar-refractivity contribution in [1.29, 1.82) is 0 Å². The number of furan rings is 1. The largest absolute Gasteiger partial charge is 0.452 e. The van der Waals surface area contributed by atoms with Crippen LogP contribution in [-0.2, 0) is 6.54 Å². The maximum Gasteiger partial charge on any atom is 0.183 e. The van der Waals surface area contributed by atoms with Gasteiger partial charge in [-0.2, -0.15) is 0 Å². The first-order valence-electron chi connectivity index (χ1n) is 4.82. The number of hydrogen-bond donors (Lipinski definition) is 2. The Morgan fingerprint density at radius 1 is 1.47 bits per heavy atom. The van der Waals surface area contributed by atoms with Crippen LogP contribution in [0.15, 0.2) is 19.6 Å². The highest BCUT2D eigenvalue weighted by Crippen LogP contribution is 2.26. The molecule has 1 atom stereocenters. The molecule has 0 amide bonds. The van der Waals surface area contributed by atoms with Gasteiger partial charge in [0.1, 0.15) is 5.76 Å². The minimum Gasteiger partial charge on any atom is -0.452 e. The molecule has 1 rings (SSSR count). The molecule has 1 unspecified atom stereocenters. The van der Waals surface area contributed by atoms with Gasteiger partial charge in [0.15, 0.2) is 4.67 Å². The fraction of sp³-hybridized carbons (Fsp3) is 0.600. The lowest BCUT2D eigenvalue weighted by Gasteiger charge is -2.18. The average molecular weight is 341 g/mol. The molecule has 0 spiro atoms. The minimum absolute atomic E-state index is 0.104. The van der Waals surface area contributed by atoms with E-state index < -0.39 is 0 Å². The van der Waals surface area contributed by atoms with Crippen LogP contribution in [0.5, 0.6) is 0 Å². The molecule has 1 aromatic rings. The third-order valence-electron chi connectivity index (χ3n) is 2.24. The number of aliphatic hydroxyl groups excluding tert-OH is 1. The van der Waals surface area contributed by atoms with Crippen molar-refractivity contribution in [2.24, 2.45) is 5.92 Å². The van der Waals surface area contributed by atoms with Gasteiger partial charge in [-0.25, -0.2) is 0 Å². The summed E-state index contributed by atoms with van der Waals surface area (Å²) in [5.74, 6) is 1.24. The fourth-order valence-corrected chi connectivity index (χ4v) is 1.88. The second-order valence-electron chi connectivity index (χ2n) is 3.75. The third kappa shape index (κ3) is 3.90. The lowest BCUT2D eigenvalue weighted by atomic mass is 10.1. The van der Waals surface area contributed by atoms with Gasteiger partial charge in [0.05, 0.1) is 17.6 Å². The molecule has 1 heterocycles. The van der Waals surface area contributed by atoms with Crippen molar-refractivity contribution in [2.75, 3.05) is 6.61 Å². The lowest BCUT2D eigenvalue weighted by Crippen LogP contribution is -2.36. The zero-order valence-electron chi connectivity index (χ0n) is 8.76. The molecule has 1 aromatic heterocycles. The maximum atomic E-state index is 9.12. The van der Waals surface area contributed by atoms with Crippen LogP contribution in [0.4, 0.5) is 0 Å². The first kappa shape index (κ1) is 13.2. The second-order valence-corrected chi connectivity index (χ2v) is 5.32. The Kier molecular flexibility index (Phi) is 5.32. The van der Waals surface area contributed by atoms with Gasteiger partial charge in [0.2, 0.25) is 0 Å². The summed E-state index contributed by atoms with van der Waals surface area (Å²) in [6.45, 7) is 4.90. The summed E-state index contributed by atoms with van der Waals surface area (Å²) in [5, 5.41) is 12.4. The van der Waals surface area contributed by atoms with Crippen LogP contribution < -0.4 is 5.32 Å². The van der Waals surface area contributed by atoms with Crippen molar-refractivity contribution >= 4 is 31.9 Å². The van der Waals surface area contributed by atoms with Crippen LogP contribution in [0.1, 0.15) is 19.6 Å². The summed E-state index contributed by atoms with van der Waals surface area (Å²) in [6.07, 6.45) is 0. The summed E-state index contributed by atoms with van der Waals surface area (Å²) in [5.41, 5.74) is 0. The van der Waals surface area contributed by atoms with Gasteiger partial charge in [0, 0.05) is 6.04 Å². The van der Waals surface area contributed by atoms with E-state index in [1.54, 1.807) is 0 Å². The number of hydrogen-bond acceptors (Lipinski definition) is 3. The molecule has 0 aliphatic rings. The normalized spacial score (nSPS) is 13.5. The van der Waals surface area contributed by atoms with E-state index in [-0.39, 0.29) is 12.6 Å². The molecular weight excluding hydrogens is 326 g/mol. The smallest absolute Gasteiger partial charge is 0.183 e. The summed E-state index contributed by atoms with van der Waals surface area (Å²) < 4.78 is 7.02. The highest BCUT2D eigenvalue weighted by atomic mass is 79.9. The quantitative estimate of drug-likeness (QED) is 0.866. The molecule has 0 aliphatic heterocycles. The van der Waals surface area contributed by atoms with Crippen LogP contribution in [0.3, 0.4) is 0 Å². The van der Waals surface area contributed by atoms with Crippen molar-refractivity contribution in [3.63, 3.8) is 0 Å². The van der Waals surface area contributed by atoms with E-state index in [0.29, 0.717) is 17.1 Å². The van der Waals surface area contributed by atoms with Crippen LogP contribution in [0.25, 0.3) is 0 Å². The first-order valence-corrected chi connectivity index (χ1v) is 6.41. The number of halogens is 2. The van der Waals surface area contributed by atoms with E-state index in [0.717, 1.165) is 10.2 Å². The van der Waals surface area contributed by atoms with Gasteiger partial charge in [-0.15, -0.1) is 0 Å². The van der Waals surface area contributed by atoms with Crippen LogP contribution in [-0.4, -0.2) is 17.8 Å². The van der Waals surface area contributed by atoms with Gasteiger partial charge < -0.3 is 14.8 Å². The molecule has 15 heavy (non-hydrogen) atoms. The molecule has 86 valence electrons. The van der Waals surface area contributed by atoms with E-state index in [2.05, 4.69) is 51.0 Å². The molecule has 5 heteroatoms. The molecule has 0 saturated carbocycles. The van der Waals surface area contributed by atoms with E-state index in [1.807, 2.05) is 6.07 Å². The van der Waals surface area contributed by atoms with Gasteiger partial charge in [0.25, 0.3) is 0 Å². The van der Waals surface area contributed by atoms with Crippen LogP contribution in [0.2, 0.25) is 0 Å². The Hall–Kier alpha value is 0.160. The molecule has 0 fully saturated rings. The Bertz CT molecular complexity index is 293. The molecule has 3 nitrogen and oxygen atoms in total. The highest BCUT2D eigenvalue weighted by Gasteiger charge is 2.13. The topological polar surface area (TPSA) is 45.4 Å². The van der Waals surface area contributed by atoms with Crippen molar-refractivity contribution in [2.45, 2.75) is 26.4 Å². The number of nitrogens with one attached hydrogen (secondary N) is 1. The predicted molar refractivity (Wildman–Crippen MR) is 66.7 cm³/mol.